The third-order valence-corrected chi connectivity index (χ3v) is 4.46. The van der Waals surface area contributed by atoms with Crippen molar-refractivity contribution in [3.05, 3.63) is 42.2 Å². The van der Waals surface area contributed by atoms with Crippen LogP contribution >= 0.6 is 0 Å². The van der Waals surface area contributed by atoms with Crippen molar-refractivity contribution in [1.82, 2.24) is 19.7 Å². The number of nitrogens with zero attached hydrogens (tertiary/aromatic N) is 4. The average Bonchev–Trinajstić information content (AvgIpc) is 3.14. The van der Waals surface area contributed by atoms with Crippen molar-refractivity contribution in [3.63, 3.8) is 0 Å². The Kier molecular flexibility index (Phi) is 4.71. The SMILES string of the molecule is CCn1cnnc1NC(=O)[C@@H]1CN(Cc2ccccc2)C[C@H]1C. The molecule has 1 N–H and O–H groups in total. The van der Waals surface area contributed by atoms with Gasteiger partial charge in [-0.05, 0) is 18.4 Å². The molecule has 1 fully saturated rings. The van der Waals surface area contributed by atoms with Gasteiger partial charge in [0.05, 0.1) is 5.92 Å². The van der Waals surface area contributed by atoms with Gasteiger partial charge in [-0.1, -0.05) is 37.3 Å². The number of aryl methyl sites for hydroxylation is 1. The fourth-order valence-electron chi connectivity index (χ4n) is 3.17. The zero-order valence-electron chi connectivity index (χ0n) is 13.6. The summed E-state index contributed by atoms with van der Waals surface area (Å²) in [5.74, 6) is 0.888. The van der Waals surface area contributed by atoms with Crippen molar-refractivity contribution in [2.45, 2.75) is 26.9 Å². The largest absolute Gasteiger partial charge is 0.300 e. The molecule has 122 valence electrons. The van der Waals surface area contributed by atoms with Crippen LogP contribution in [0.3, 0.4) is 0 Å². The summed E-state index contributed by atoms with van der Waals surface area (Å²) in [5.41, 5.74) is 1.28. The summed E-state index contributed by atoms with van der Waals surface area (Å²) >= 11 is 0. The number of hydrogen-bond donors (Lipinski definition) is 1. The van der Waals surface area contributed by atoms with Gasteiger partial charge in [0.25, 0.3) is 0 Å². The number of likely N-dealkylation sites (tertiary alicyclic amines) is 1. The molecule has 0 spiro atoms. The molecule has 3 rings (SSSR count). The maximum atomic E-state index is 12.6. The predicted molar refractivity (Wildman–Crippen MR) is 88.7 cm³/mol. The highest BCUT2D eigenvalue weighted by Gasteiger charge is 2.35. The molecule has 2 atom stereocenters. The summed E-state index contributed by atoms with van der Waals surface area (Å²) in [6.45, 7) is 7.48. The quantitative estimate of drug-likeness (QED) is 0.917. The molecule has 0 bridgehead atoms. The first-order valence-electron chi connectivity index (χ1n) is 8.12. The Bertz CT molecular complexity index is 654. The lowest BCUT2D eigenvalue weighted by molar-refractivity contribution is -0.120. The minimum absolute atomic E-state index is 0.0132. The van der Waals surface area contributed by atoms with Crippen LogP contribution in [0.4, 0.5) is 5.95 Å². The molecule has 1 aliphatic heterocycles. The van der Waals surface area contributed by atoms with E-state index in [1.54, 1.807) is 6.33 Å². The maximum Gasteiger partial charge on any atom is 0.231 e. The molecule has 1 amide bonds. The van der Waals surface area contributed by atoms with Gasteiger partial charge < -0.3 is 4.57 Å². The first kappa shape index (κ1) is 15.7. The second-order valence-electron chi connectivity index (χ2n) is 6.19. The number of hydrogen-bond acceptors (Lipinski definition) is 4. The van der Waals surface area contributed by atoms with Crippen molar-refractivity contribution in [2.75, 3.05) is 18.4 Å². The van der Waals surface area contributed by atoms with Crippen molar-refractivity contribution < 1.29 is 4.79 Å². The third kappa shape index (κ3) is 3.59. The van der Waals surface area contributed by atoms with Crippen molar-refractivity contribution in [3.8, 4) is 0 Å². The van der Waals surface area contributed by atoms with Gasteiger partial charge >= 0.3 is 0 Å². The number of nitrogens with one attached hydrogen (secondary N) is 1. The topological polar surface area (TPSA) is 63.1 Å². The van der Waals surface area contributed by atoms with E-state index in [4.69, 9.17) is 0 Å². The van der Waals surface area contributed by atoms with Gasteiger partial charge in [0, 0.05) is 26.2 Å². The van der Waals surface area contributed by atoms with Gasteiger partial charge in [-0.25, -0.2) is 0 Å². The summed E-state index contributed by atoms with van der Waals surface area (Å²) in [6.07, 6.45) is 1.63. The molecule has 2 heterocycles. The van der Waals surface area contributed by atoms with Crippen LogP contribution in [0, 0.1) is 11.8 Å². The Labute approximate surface area is 136 Å². The Morgan fingerprint density at radius 2 is 2.09 bits per heavy atom. The Hall–Kier alpha value is -2.21. The van der Waals surface area contributed by atoms with Crippen LogP contribution in [0.15, 0.2) is 36.7 Å². The molecule has 23 heavy (non-hydrogen) atoms. The fourth-order valence-corrected chi connectivity index (χ4v) is 3.17. The lowest BCUT2D eigenvalue weighted by Gasteiger charge is -2.16. The monoisotopic (exact) mass is 313 g/mol. The molecule has 1 aliphatic rings. The second-order valence-corrected chi connectivity index (χ2v) is 6.19. The minimum atomic E-state index is -0.0132. The first-order valence-corrected chi connectivity index (χ1v) is 8.12. The average molecular weight is 313 g/mol. The summed E-state index contributed by atoms with van der Waals surface area (Å²) in [6, 6.07) is 10.4. The van der Waals surface area contributed by atoms with Gasteiger partial charge in [0.2, 0.25) is 11.9 Å². The number of anilines is 1. The molecule has 1 saturated heterocycles. The lowest BCUT2D eigenvalue weighted by Crippen LogP contribution is -2.29. The summed E-state index contributed by atoms with van der Waals surface area (Å²) in [5, 5.41) is 10.7. The zero-order chi connectivity index (χ0) is 16.2. The zero-order valence-corrected chi connectivity index (χ0v) is 13.6. The molecular weight excluding hydrogens is 290 g/mol. The summed E-state index contributed by atoms with van der Waals surface area (Å²) in [4.78, 5) is 14.9. The van der Waals surface area contributed by atoms with E-state index in [-0.39, 0.29) is 11.8 Å². The Morgan fingerprint density at radius 3 is 2.83 bits per heavy atom. The molecule has 0 aliphatic carbocycles. The van der Waals surface area contributed by atoms with E-state index < -0.39 is 0 Å². The molecule has 0 radical (unpaired) electrons. The van der Waals surface area contributed by atoms with Crippen molar-refractivity contribution >= 4 is 11.9 Å². The van der Waals surface area contributed by atoms with E-state index in [1.165, 1.54) is 5.56 Å². The predicted octanol–water partition coefficient (Wildman–Crippen LogP) is 2.00. The van der Waals surface area contributed by atoms with Gasteiger partial charge in [-0.15, -0.1) is 10.2 Å². The Morgan fingerprint density at radius 1 is 1.30 bits per heavy atom. The summed E-state index contributed by atoms with van der Waals surface area (Å²) < 4.78 is 1.83. The number of rotatable bonds is 5. The van der Waals surface area contributed by atoms with E-state index in [0.717, 1.165) is 26.2 Å². The van der Waals surface area contributed by atoms with Crippen LogP contribution in [0.25, 0.3) is 0 Å². The van der Waals surface area contributed by atoms with E-state index in [1.807, 2.05) is 17.6 Å². The molecule has 0 unspecified atom stereocenters. The van der Waals surface area contributed by atoms with E-state index in [9.17, 15) is 4.79 Å². The first-order chi connectivity index (χ1) is 11.2. The van der Waals surface area contributed by atoms with Crippen LogP contribution in [0.2, 0.25) is 0 Å². The Balaban J connectivity index is 1.61. The lowest BCUT2D eigenvalue weighted by atomic mass is 9.97. The van der Waals surface area contributed by atoms with Crippen LogP contribution in [0.5, 0.6) is 0 Å². The molecule has 2 aromatic rings. The molecule has 6 nitrogen and oxygen atoms in total. The summed E-state index contributed by atoms with van der Waals surface area (Å²) in [7, 11) is 0. The number of carbonyl (C=O) groups excluding carboxylic acids is 1. The smallest absolute Gasteiger partial charge is 0.231 e. The molecule has 6 heteroatoms. The number of amides is 1. The second kappa shape index (κ2) is 6.91. The minimum Gasteiger partial charge on any atom is -0.300 e. The van der Waals surface area contributed by atoms with Crippen LogP contribution in [-0.2, 0) is 17.9 Å². The number of carbonyl (C=O) groups is 1. The van der Waals surface area contributed by atoms with Crippen LogP contribution in [0.1, 0.15) is 19.4 Å². The van der Waals surface area contributed by atoms with Gasteiger partial charge in [0.1, 0.15) is 6.33 Å². The highest BCUT2D eigenvalue weighted by atomic mass is 16.2. The fraction of sp³-hybridized carbons (Fsp3) is 0.471. The molecule has 1 aromatic heterocycles. The number of benzene rings is 1. The standard InChI is InChI=1S/C17H23N5O/c1-3-22-12-18-20-17(22)19-16(23)15-11-21(9-13(15)2)10-14-7-5-4-6-8-14/h4-8,12-13,15H,3,9-11H2,1-2H3,(H,19,20,23)/t13-,15-/m1/s1. The normalized spacial score (nSPS) is 21.5. The highest BCUT2D eigenvalue weighted by Crippen LogP contribution is 2.25. The maximum absolute atomic E-state index is 12.6. The van der Waals surface area contributed by atoms with Gasteiger partial charge in [-0.3, -0.25) is 15.0 Å². The molecule has 1 aromatic carbocycles. The molecule has 0 saturated carbocycles. The van der Waals surface area contributed by atoms with E-state index in [2.05, 4.69) is 51.6 Å². The molecular formula is C17H23N5O. The van der Waals surface area contributed by atoms with Gasteiger partial charge in [-0.2, -0.15) is 0 Å². The number of aromatic nitrogens is 3. The van der Waals surface area contributed by atoms with Crippen LogP contribution in [-0.4, -0.2) is 38.7 Å². The van der Waals surface area contributed by atoms with E-state index in [0.29, 0.717) is 11.9 Å². The van der Waals surface area contributed by atoms with Gasteiger partial charge in [0.15, 0.2) is 0 Å². The van der Waals surface area contributed by atoms with E-state index >= 15 is 0 Å². The van der Waals surface area contributed by atoms with Crippen molar-refractivity contribution in [2.24, 2.45) is 11.8 Å². The third-order valence-electron chi connectivity index (χ3n) is 4.46. The van der Waals surface area contributed by atoms with Crippen molar-refractivity contribution in [1.29, 1.82) is 0 Å². The van der Waals surface area contributed by atoms with Crippen LogP contribution < -0.4 is 5.32 Å². The highest BCUT2D eigenvalue weighted by molar-refractivity contribution is 5.91.